The Hall–Kier alpha value is -1.31. The second kappa shape index (κ2) is 8.04. The minimum absolute atomic E-state index is 0.712. The number of hydrogen-bond donors (Lipinski definition) is 0. The van der Waals surface area contributed by atoms with E-state index in [-0.39, 0.29) is 0 Å². The highest BCUT2D eigenvalue weighted by molar-refractivity contribution is 5.57. The van der Waals surface area contributed by atoms with Crippen LogP contribution in [0.5, 0.6) is 0 Å². The van der Waals surface area contributed by atoms with E-state index in [9.17, 15) is 0 Å². The average Bonchev–Trinajstić information content (AvgIpc) is 2.60. The molecule has 0 N–H and O–H groups in total. The lowest BCUT2D eigenvalue weighted by Crippen LogP contribution is -1.74. The summed E-state index contributed by atoms with van der Waals surface area (Å²) in [4.78, 5) is 4.25. The Morgan fingerprint density at radius 3 is 2.47 bits per heavy atom. The van der Waals surface area contributed by atoms with E-state index in [1.54, 1.807) is 0 Å². The van der Waals surface area contributed by atoms with Crippen molar-refractivity contribution in [2.24, 2.45) is 0 Å². The molecule has 0 unspecified atom stereocenters. The normalized spacial score (nSPS) is 10.7. The lowest BCUT2D eigenvalue weighted by Gasteiger charge is -1.86. The zero-order chi connectivity index (χ0) is 11.7. The Balaban J connectivity index is 0.000000921. The van der Waals surface area contributed by atoms with Crippen molar-refractivity contribution in [3.63, 3.8) is 0 Å². The van der Waals surface area contributed by atoms with Crippen LogP contribution in [0.15, 0.2) is 16.6 Å². The van der Waals surface area contributed by atoms with Gasteiger partial charge in [-0.05, 0) is 25.5 Å². The van der Waals surface area contributed by atoms with Crippen LogP contribution in [0.4, 0.5) is 0 Å². The van der Waals surface area contributed by atoms with E-state index in [4.69, 9.17) is 4.42 Å². The van der Waals surface area contributed by atoms with Gasteiger partial charge < -0.3 is 4.42 Å². The Morgan fingerprint density at radius 2 is 1.93 bits per heavy atom. The molecule has 1 aromatic heterocycles. The summed E-state index contributed by atoms with van der Waals surface area (Å²) in [5.74, 6) is 1.56. The second-order valence-electron chi connectivity index (χ2n) is 2.79. The molecule has 0 aliphatic rings. The van der Waals surface area contributed by atoms with Crippen LogP contribution in [-0.4, -0.2) is 4.98 Å². The molecule has 2 nitrogen and oxygen atoms in total. The van der Waals surface area contributed by atoms with E-state index in [2.05, 4.69) is 18.0 Å². The molecule has 0 atom stereocenters. The third-order valence-electron chi connectivity index (χ3n) is 1.62. The van der Waals surface area contributed by atoms with Crippen molar-refractivity contribution in [2.75, 3.05) is 0 Å². The highest BCUT2D eigenvalue weighted by Gasteiger charge is 2.03. The third kappa shape index (κ3) is 4.63. The van der Waals surface area contributed by atoms with Crippen LogP contribution in [0.1, 0.15) is 51.5 Å². The molecule has 2 heteroatoms. The van der Waals surface area contributed by atoms with E-state index >= 15 is 0 Å². The summed E-state index contributed by atoms with van der Waals surface area (Å²) < 4.78 is 5.42. The topological polar surface area (TPSA) is 26.0 Å². The van der Waals surface area contributed by atoms with Crippen LogP contribution in [0.25, 0.3) is 12.2 Å². The molecule has 1 heterocycles. The molecule has 0 bridgehead atoms. The van der Waals surface area contributed by atoms with Gasteiger partial charge in [0.15, 0.2) is 11.7 Å². The minimum Gasteiger partial charge on any atom is -0.441 e. The van der Waals surface area contributed by atoms with Crippen LogP contribution in [-0.2, 0) is 0 Å². The van der Waals surface area contributed by atoms with Gasteiger partial charge in [0.05, 0.1) is 0 Å². The Labute approximate surface area is 92.7 Å². The number of aromatic nitrogens is 1. The lowest BCUT2D eigenvalue weighted by atomic mass is 10.3. The van der Waals surface area contributed by atoms with E-state index in [1.165, 1.54) is 0 Å². The van der Waals surface area contributed by atoms with Gasteiger partial charge in [0.25, 0.3) is 0 Å². The summed E-state index contributed by atoms with van der Waals surface area (Å²) >= 11 is 0. The summed E-state index contributed by atoms with van der Waals surface area (Å²) in [6, 6.07) is 0. The molecule has 0 saturated heterocycles. The summed E-state index contributed by atoms with van der Waals surface area (Å²) in [5, 5.41) is 0. The van der Waals surface area contributed by atoms with Crippen LogP contribution in [0.3, 0.4) is 0 Å². The molecule has 0 fully saturated rings. The second-order valence-corrected chi connectivity index (χ2v) is 2.79. The largest absolute Gasteiger partial charge is 0.441 e. The fraction of sp³-hybridized carbons (Fsp3) is 0.462. The molecule has 0 amide bonds. The summed E-state index contributed by atoms with van der Waals surface area (Å²) in [7, 11) is 0. The van der Waals surface area contributed by atoms with Gasteiger partial charge in [0.1, 0.15) is 5.69 Å². The zero-order valence-electron chi connectivity index (χ0n) is 10.4. The average molecular weight is 207 g/mol. The van der Waals surface area contributed by atoms with Gasteiger partial charge in [-0.2, -0.15) is 0 Å². The van der Waals surface area contributed by atoms with E-state index < -0.39 is 0 Å². The van der Waals surface area contributed by atoms with Gasteiger partial charge in [0, 0.05) is 6.92 Å². The molecule has 15 heavy (non-hydrogen) atoms. The molecule has 0 aliphatic heterocycles. The van der Waals surface area contributed by atoms with Gasteiger partial charge in [-0.3, -0.25) is 0 Å². The van der Waals surface area contributed by atoms with E-state index in [0.29, 0.717) is 5.89 Å². The Kier molecular flexibility index (Phi) is 7.33. The molecule has 1 aromatic rings. The first-order valence-corrected chi connectivity index (χ1v) is 5.54. The van der Waals surface area contributed by atoms with E-state index in [1.807, 2.05) is 45.9 Å². The molecular weight excluding hydrogens is 186 g/mol. The maximum absolute atomic E-state index is 5.42. The molecule has 0 spiro atoms. The van der Waals surface area contributed by atoms with Crippen molar-refractivity contribution in [2.45, 2.75) is 41.0 Å². The maximum Gasteiger partial charge on any atom is 0.192 e. The molecular formula is C13H21NO. The zero-order valence-corrected chi connectivity index (χ0v) is 10.4. The first-order chi connectivity index (χ1) is 7.27. The molecule has 1 rings (SSSR count). The summed E-state index contributed by atoms with van der Waals surface area (Å²) in [5.41, 5.74) is 0.907. The number of rotatable bonds is 3. The summed E-state index contributed by atoms with van der Waals surface area (Å²) in [6.45, 7) is 9.92. The molecule has 0 aromatic carbocycles. The fourth-order valence-electron chi connectivity index (χ4n) is 1.08. The molecule has 0 radical (unpaired) electrons. The molecule has 0 aliphatic carbocycles. The Morgan fingerprint density at radius 1 is 1.27 bits per heavy atom. The highest BCUT2D eigenvalue weighted by Crippen LogP contribution is 2.14. The fourth-order valence-corrected chi connectivity index (χ4v) is 1.08. The van der Waals surface area contributed by atoms with Gasteiger partial charge in [0.2, 0.25) is 0 Å². The summed E-state index contributed by atoms with van der Waals surface area (Å²) in [6.07, 6.45) is 8.95. The smallest absolute Gasteiger partial charge is 0.192 e. The van der Waals surface area contributed by atoms with Crippen molar-refractivity contribution in [3.8, 4) is 0 Å². The van der Waals surface area contributed by atoms with Crippen molar-refractivity contribution in [3.05, 3.63) is 29.5 Å². The molecule has 84 valence electrons. The SMILES string of the molecule is C/C=C\c1nc(C)oc1/C=C\CC.CC. The van der Waals surface area contributed by atoms with Crippen molar-refractivity contribution >= 4 is 12.2 Å². The van der Waals surface area contributed by atoms with E-state index in [0.717, 1.165) is 17.9 Å². The number of aryl methyl sites for hydroxylation is 1. The standard InChI is InChI=1S/C11H15NO.C2H6/c1-4-6-8-11-10(7-5-2)12-9(3)13-11;1-2/h5-8H,4H2,1-3H3;1-2H3/b7-5-,8-6-;. The first-order valence-electron chi connectivity index (χ1n) is 5.54. The predicted octanol–water partition coefficient (Wildman–Crippen LogP) is 4.47. The monoisotopic (exact) mass is 207 g/mol. The Bertz CT molecular complexity index is 321. The minimum atomic E-state index is 0.712. The van der Waals surface area contributed by atoms with Crippen molar-refractivity contribution in [1.29, 1.82) is 0 Å². The highest BCUT2D eigenvalue weighted by atomic mass is 16.4. The maximum atomic E-state index is 5.42. The van der Waals surface area contributed by atoms with Crippen LogP contribution in [0.2, 0.25) is 0 Å². The number of nitrogens with zero attached hydrogens (tertiary/aromatic N) is 1. The number of hydrogen-bond acceptors (Lipinski definition) is 2. The number of allylic oxidation sites excluding steroid dienone is 2. The van der Waals surface area contributed by atoms with Gasteiger partial charge >= 0.3 is 0 Å². The van der Waals surface area contributed by atoms with Gasteiger partial charge in [-0.1, -0.05) is 32.9 Å². The van der Waals surface area contributed by atoms with Crippen LogP contribution >= 0.6 is 0 Å². The quantitative estimate of drug-likeness (QED) is 0.731. The predicted molar refractivity (Wildman–Crippen MR) is 66.6 cm³/mol. The van der Waals surface area contributed by atoms with Gasteiger partial charge in [-0.25, -0.2) is 4.98 Å². The number of oxazole rings is 1. The van der Waals surface area contributed by atoms with Gasteiger partial charge in [-0.15, -0.1) is 0 Å². The van der Waals surface area contributed by atoms with Crippen molar-refractivity contribution < 1.29 is 4.42 Å². The van der Waals surface area contributed by atoms with Crippen molar-refractivity contribution in [1.82, 2.24) is 4.98 Å². The first kappa shape index (κ1) is 13.7. The molecule has 0 saturated carbocycles. The third-order valence-corrected chi connectivity index (χ3v) is 1.62. The van der Waals surface area contributed by atoms with Crippen LogP contribution in [0, 0.1) is 6.92 Å². The van der Waals surface area contributed by atoms with Crippen LogP contribution < -0.4 is 0 Å². The lowest BCUT2D eigenvalue weighted by molar-refractivity contribution is 0.512.